The highest BCUT2D eigenvalue weighted by atomic mass is 35.5. The van der Waals surface area contributed by atoms with Gasteiger partial charge in [0, 0.05) is 42.1 Å². The molecule has 1 N–H and O–H groups in total. The summed E-state index contributed by atoms with van der Waals surface area (Å²) < 4.78 is 102. The average molecular weight is 724 g/mol. The number of carboxylic acid groups (broad SMARTS) is 1. The van der Waals surface area contributed by atoms with Crippen LogP contribution in [0, 0.1) is 31.4 Å². The third-order valence-corrected chi connectivity index (χ3v) is 9.23. The van der Waals surface area contributed by atoms with Crippen molar-refractivity contribution >= 4 is 23.5 Å². The van der Waals surface area contributed by atoms with E-state index in [0.717, 1.165) is 29.2 Å². The van der Waals surface area contributed by atoms with Crippen LogP contribution in [-0.2, 0) is 9.59 Å². The van der Waals surface area contributed by atoms with Gasteiger partial charge in [0.05, 0.1) is 12.2 Å². The Hall–Kier alpha value is -3.79. The van der Waals surface area contributed by atoms with Crippen molar-refractivity contribution in [3.05, 3.63) is 75.8 Å². The fraction of sp³-hybridized carbons (Fsp3) is 0.500. The lowest BCUT2D eigenvalue weighted by Crippen LogP contribution is -2.43. The van der Waals surface area contributed by atoms with E-state index in [1.54, 1.807) is 4.90 Å². The summed E-state index contributed by atoms with van der Waals surface area (Å²) in [7, 11) is 1.37. The number of amides is 1. The molecule has 1 aliphatic heterocycles. The normalized spacial score (nSPS) is 20.3. The van der Waals surface area contributed by atoms with Crippen molar-refractivity contribution in [1.29, 1.82) is 0 Å². The van der Waals surface area contributed by atoms with Crippen molar-refractivity contribution in [3.8, 4) is 5.69 Å². The lowest BCUT2D eigenvalue weighted by molar-refractivity contribution is -0.192. The van der Waals surface area contributed by atoms with E-state index < -0.39 is 54.4 Å². The Morgan fingerprint density at radius 1 is 1.00 bits per heavy atom. The smallest absolute Gasteiger partial charge is 0.475 e. The van der Waals surface area contributed by atoms with Gasteiger partial charge in [-0.25, -0.2) is 23.2 Å². The first-order chi connectivity index (χ1) is 22.7. The van der Waals surface area contributed by atoms with E-state index in [4.69, 9.17) is 21.5 Å². The SMILES string of the molecule is Cc1nc(C2CCN(C(=O)[C@@H]3C[C@@H](N(C)CC(F)(F)F)C[C@H]3c3ccc(F)cc3F)CC2)n(-c2ccc(Cl)c(C)c2)n1.O=C(O)C(F)(F)F. The number of aromatic nitrogens is 3. The summed E-state index contributed by atoms with van der Waals surface area (Å²) in [5.74, 6) is -4.43. The van der Waals surface area contributed by atoms with Gasteiger partial charge in [0.2, 0.25) is 5.91 Å². The molecule has 5 rings (SSSR count). The van der Waals surface area contributed by atoms with Crippen LogP contribution in [-0.4, -0.2) is 86.6 Å². The molecule has 268 valence electrons. The van der Waals surface area contributed by atoms with Gasteiger partial charge >= 0.3 is 18.3 Å². The Morgan fingerprint density at radius 2 is 1.63 bits per heavy atom. The van der Waals surface area contributed by atoms with Crippen LogP contribution in [0.3, 0.4) is 0 Å². The lowest BCUT2D eigenvalue weighted by atomic mass is 9.86. The summed E-state index contributed by atoms with van der Waals surface area (Å²) in [6, 6.07) is 8.26. The molecule has 1 amide bonds. The van der Waals surface area contributed by atoms with E-state index in [1.165, 1.54) is 18.0 Å². The quantitative estimate of drug-likeness (QED) is 0.271. The van der Waals surface area contributed by atoms with Crippen LogP contribution in [0.5, 0.6) is 0 Å². The minimum Gasteiger partial charge on any atom is -0.475 e. The van der Waals surface area contributed by atoms with E-state index in [2.05, 4.69) is 10.1 Å². The van der Waals surface area contributed by atoms with E-state index in [0.29, 0.717) is 36.8 Å². The van der Waals surface area contributed by atoms with Crippen molar-refractivity contribution in [2.45, 2.75) is 69.8 Å². The molecule has 17 heteroatoms. The lowest BCUT2D eigenvalue weighted by Gasteiger charge is -2.34. The standard InChI is InChI=1S/C30H33ClF5N5O.C2HF3O2/c1-17-12-21(5-7-26(17)31)41-28(37-18(2)38-41)19-8-10-40(11-9-19)29(42)25-15-22(39(3)16-30(34,35)36)14-24(25)23-6-4-20(32)13-27(23)33;3-2(4,5)1(6)7/h4-7,12-13,19,22,24-25H,8-11,14-16H2,1-3H3;(H,6,7)/t22-,24-,25+;/m0./s1. The Balaban J connectivity index is 0.000000698. The molecule has 0 bridgehead atoms. The molecule has 3 aromatic rings. The van der Waals surface area contributed by atoms with E-state index in [-0.39, 0.29) is 30.2 Å². The number of aryl methyl sites for hydroxylation is 2. The van der Waals surface area contributed by atoms with Crippen LogP contribution in [0.2, 0.25) is 5.02 Å². The topological polar surface area (TPSA) is 91.6 Å². The minimum atomic E-state index is -5.08. The van der Waals surface area contributed by atoms with Gasteiger partial charge in [-0.05, 0) is 87.9 Å². The van der Waals surface area contributed by atoms with Crippen LogP contribution in [0.15, 0.2) is 36.4 Å². The second-order valence-electron chi connectivity index (χ2n) is 12.3. The summed E-state index contributed by atoms with van der Waals surface area (Å²) in [6.07, 6.45) is -7.91. The molecular formula is C32H34ClF8N5O3. The molecule has 1 aromatic heterocycles. The van der Waals surface area contributed by atoms with Crippen LogP contribution in [0.1, 0.15) is 60.3 Å². The minimum absolute atomic E-state index is 0.0332. The van der Waals surface area contributed by atoms with Gasteiger partial charge in [-0.15, -0.1) is 0 Å². The van der Waals surface area contributed by atoms with Crippen molar-refractivity contribution in [3.63, 3.8) is 0 Å². The number of hydrogen-bond donors (Lipinski definition) is 1. The third kappa shape index (κ3) is 9.47. The molecule has 1 aliphatic carbocycles. The number of likely N-dealkylation sites (tertiary alicyclic amines) is 1. The van der Waals surface area contributed by atoms with Crippen LogP contribution < -0.4 is 0 Å². The van der Waals surface area contributed by atoms with Gasteiger partial charge < -0.3 is 10.0 Å². The molecule has 1 saturated heterocycles. The van der Waals surface area contributed by atoms with Crippen molar-refractivity contribution < 1.29 is 49.8 Å². The Morgan fingerprint density at radius 3 is 2.18 bits per heavy atom. The Kier molecular flexibility index (Phi) is 11.6. The third-order valence-electron chi connectivity index (χ3n) is 8.81. The van der Waals surface area contributed by atoms with E-state index in [1.807, 2.05) is 36.7 Å². The first-order valence-corrected chi connectivity index (χ1v) is 15.6. The average Bonchev–Trinajstić information content (AvgIpc) is 3.62. The number of carbonyl (C=O) groups is 2. The highest BCUT2D eigenvalue weighted by Crippen LogP contribution is 2.44. The van der Waals surface area contributed by atoms with Crippen molar-refractivity contribution in [2.24, 2.45) is 5.92 Å². The first-order valence-electron chi connectivity index (χ1n) is 15.3. The highest BCUT2D eigenvalue weighted by molar-refractivity contribution is 6.31. The number of carboxylic acids is 1. The van der Waals surface area contributed by atoms with E-state index >= 15 is 0 Å². The Labute approximate surface area is 281 Å². The summed E-state index contributed by atoms with van der Waals surface area (Å²) in [6.45, 7) is 3.46. The van der Waals surface area contributed by atoms with Crippen LogP contribution in [0.4, 0.5) is 35.1 Å². The first kappa shape index (κ1) is 38.0. The molecule has 2 heterocycles. The van der Waals surface area contributed by atoms with E-state index in [9.17, 15) is 39.9 Å². The van der Waals surface area contributed by atoms with Crippen LogP contribution >= 0.6 is 11.6 Å². The molecule has 0 radical (unpaired) electrons. The number of carbonyl (C=O) groups excluding carboxylic acids is 1. The maximum Gasteiger partial charge on any atom is 0.490 e. The molecule has 1 saturated carbocycles. The van der Waals surface area contributed by atoms with Gasteiger partial charge in [0.25, 0.3) is 0 Å². The second-order valence-corrected chi connectivity index (χ2v) is 12.7. The number of piperidine rings is 1. The molecule has 0 unspecified atom stereocenters. The molecule has 0 spiro atoms. The maximum absolute atomic E-state index is 14.9. The van der Waals surface area contributed by atoms with Gasteiger partial charge in [-0.1, -0.05) is 17.7 Å². The molecule has 49 heavy (non-hydrogen) atoms. The Bertz CT molecular complexity index is 1660. The zero-order valence-electron chi connectivity index (χ0n) is 26.6. The predicted octanol–water partition coefficient (Wildman–Crippen LogP) is 7.21. The fourth-order valence-corrected chi connectivity index (χ4v) is 6.56. The molecule has 3 atom stereocenters. The summed E-state index contributed by atoms with van der Waals surface area (Å²) in [5, 5.41) is 12.4. The zero-order chi connectivity index (χ0) is 36.4. The van der Waals surface area contributed by atoms with Crippen LogP contribution in [0.25, 0.3) is 5.69 Å². The molecule has 2 fully saturated rings. The largest absolute Gasteiger partial charge is 0.490 e. The number of halogens is 9. The molecule has 2 aromatic carbocycles. The number of hydrogen-bond acceptors (Lipinski definition) is 5. The van der Waals surface area contributed by atoms with Crippen molar-refractivity contribution in [1.82, 2.24) is 24.6 Å². The molecule has 8 nitrogen and oxygen atoms in total. The summed E-state index contributed by atoms with van der Waals surface area (Å²) in [5.41, 5.74) is 1.92. The number of alkyl halides is 6. The number of nitrogens with zero attached hydrogens (tertiary/aromatic N) is 5. The summed E-state index contributed by atoms with van der Waals surface area (Å²) >= 11 is 6.21. The second kappa shape index (κ2) is 15.0. The monoisotopic (exact) mass is 723 g/mol. The molecular weight excluding hydrogens is 690 g/mol. The number of benzene rings is 2. The van der Waals surface area contributed by atoms with Gasteiger partial charge in [0.15, 0.2) is 0 Å². The van der Waals surface area contributed by atoms with Crippen molar-refractivity contribution in [2.75, 3.05) is 26.7 Å². The maximum atomic E-state index is 14.9. The highest BCUT2D eigenvalue weighted by Gasteiger charge is 2.46. The molecule has 2 aliphatic rings. The number of aliphatic carboxylic acids is 1. The fourth-order valence-electron chi connectivity index (χ4n) is 6.44. The zero-order valence-corrected chi connectivity index (χ0v) is 27.4. The predicted molar refractivity (Wildman–Crippen MR) is 162 cm³/mol. The number of rotatable bonds is 6. The summed E-state index contributed by atoms with van der Waals surface area (Å²) in [4.78, 5) is 30.3. The van der Waals surface area contributed by atoms with Gasteiger partial charge in [-0.2, -0.15) is 31.4 Å². The van der Waals surface area contributed by atoms with Gasteiger partial charge in [-0.3, -0.25) is 9.69 Å². The van der Waals surface area contributed by atoms with Gasteiger partial charge in [0.1, 0.15) is 23.3 Å².